The van der Waals surface area contributed by atoms with Crippen molar-refractivity contribution in [2.24, 2.45) is 10.8 Å². The number of rotatable bonds is 8. The van der Waals surface area contributed by atoms with Crippen molar-refractivity contribution in [2.75, 3.05) is 21.1 Å². The smallest absolute Gasteiger partial charge is 0.195 e. The molecule has 1 aliphatic heterocycles. The molecule has 0 spiro atoms. The Labute approximate surface area is 156 Å². The average Bonchev–Trinajstić information content (AvgIpc) is 2.78. The minimum absolute atomic E-state index is 0.174. The molecule has 4 unspecified atom stereocenters. The summed E-state index contributed by atoms with van der Waals surface area (Å²) in [6, 6.07) is 4.70. The maximum atomic E-state index is 6.37. The molecule has 12 heteroatoms. The zero-order valence-electron chi connectivity index (χ0n) is 17.2. The van der Waals surface area contributed by atoms with E-state index in [1.54, 1.807) is 0 Å². The van der Waals surface area contributed by atoms with Gasteiger partial charge in [-0.2, -0.15) is 0 Å². The fourth-order valence-electron chi connectivity index (χ4n) is 2.85. The van der Waals surface area contributed by atoms with Gasteiger partial charge in [-0.25, -0.2) is 0 Å². The molecule has 1 fully saturated rings. The fraction of sp³-hybridized carbons (Fsp3) is 1.00. The van der Waals surface area contributed by atoms with Crippen LogP contribution in [0.1, 0.15) is 0 Å². The fourth-order valence-corrected chi connectivity index (χ4v) is 24.7. The van der Waals surface area contributed by atoms with Crippen molar-refractivity contribution in [1.82, 2.24) is 24.2 Å². The van der Waals surface area contributed by atoms with Crippen molar-refractivity contribution in [3.63, 3.8) is 0 Å². The van der Waals surface area contributed by atoms with Crippen LogP contribution in [-0.4, -0.2) is 64.4 Å². The van der Waals surface area contributed by atoms with Crippen molar-refractivity contribution >= 4 is 43.3 Å². The summed E-state index contributed by atoms with van der Waals surface area (Å²) in [5.74, 6) is 0. The standard InChI is InChI=1S/C10H34N6Si4.C2H9NSi/c1-13-17(3,11)7-9-19(5,14-2)16-20(6)10-8-18(4,12)15-20;1-3-4-2/h13-16H,7-12H2,1-6H3;3H,4H2,1-2H3. The second-order valence-corrected chi connectivity index (χ2v) is 25.4. The normalized spacial score (nSPS) is 32.2. The van der Waals surface area contributed by atoms with E-state index in [-0.39, 0.29) is 9.68 Å². The van der Waals surface area contributed by atoms with Crippen molar-refractivity contribution in [2.45, 2.75) is 56.9 Å². The molecule has 1 heterocycles. The van der Waals surface area contributed by atoms with Crippen molar-refractivity contribution < 1.29 is 0 Å². The molecule has 1 saturated heterocycles. The van der Waals surface area contributed by atoms with Crippen LogP contribution < -0.4 is 35.0 Å². The molecule has 0 aromatic carbocycles. The van der Waals surface area contributed by atoms with Gasteiger partial charge in [0.1, 0.15) is 0 Å². The summed E-state index contributed by atoms with van der Waals surface area (Å²) in [7, 11) is -0.396. The van der Waals surface area contributed by atoms with Gasteiger partial charge in [-0.15, -0.1) is 0 Å². The molecular weight excluding hydrogens is 383 g/mol. The van der Waals surface area contributed by atoms with Gasteiger partial charge in [0.2, 0.25) is 0 Å². The second-order valence-electron chi connectivity index (χ2n) is 7.96. The lowest BCUT2D eigenvalue weighted by molar-refractivity contribution is 0.993. The number of hydrogen-bond acceptors (Lipinski definition) is 7. The van der Waals surface area contributed by atoms with Crippen molar-refractivity contribution in [3.05, 3.63) is 0 Å². The first-order chi connectivity index (χ1) is 10.9. The van der Waals surface area contributed by atoms with Crippen LogP contribution >= 0.6 is 0 Å². The Morgan fingerprint density at radius 2 is 1.62 bits per heavy atom. The van der Waals surface area contributed by atoms with E-state index < -0.39 is 33.6 Å². The van der Waals surface area contributed by atoms with E-state index in [2.05, 4.69) is 64.0 Å². The van der Waals surface area contributed by atoms with Gasteiger partial charge in [-0.3, -0.25) is 0 Å². The Morgan fingerprint density at radius 3 is 1.96 bits per heavy atom. The molecular formula is C12H43N7Si5. The summed E-state index contributed by atoms with van der Waals surface area (Å²) in [6.45, 7) is 11.4. The summed E-state index contributed by atoms with van der Waals surface area (Å²) in [4.78, 5) is 9.98. The summed E-state index contributed by atoms with van der Waals surface area (Å²) >= 11 is 0. The molecule has 0 saturated carbocycles. The predicted molar refractivity (Wildman–Crippen MR) is 122 cm³/mol. The number of nitrogens with one attached hydrogen (secondary N) is 5. The Balaban J connectivity index is 0.00000118. The Kier molecular flexibility index (Phi) is 10.6. The molecule has 0 aromatic rings. The first-order valence-electron chi connectivity index (χ1n) is 9.05. The highest BCUT2D eigenvalue weighted by atomic mass is 28.5. The van der Waals surface area contributed by atoms with E-state index in [4.69, 9.17) is 10.8 Å². The summed E-state index contributed by atoms with van der Waals surface area (Å²) < 4.78 is 7.83. The molecule has 1 aliphatic rings. The maximum absolute atomic E-state index is 6.37. The van der Waals surface area contributed by atoms with Crippen LogP contribution in [0.25, 0.3) is 0 Å². The zero-order chi connectivity index (χ0) is 19.1. The van der Waals surface area contributed by atoms with Gasteiger partial charge in [0.05, 0.1) is 9.68 Å². The molecule has 9 N–H and O–H groups in total. The summed E-state index contributed by atoms with van der Waals surface area (Å²) in [5, 5.41) is 12.7. The molecule has 0 bridgehead atoms. The van der Waals surface area contributed by atoms with E-state index >= 15 is 0 Å². The largest absolute Gasteiger partial charge is 0.345 e. The molecule has 7 nitrogen and oxygen atoms in total. The lowest BCUT2D eigenvalue weighted by Gasteiger charge is -2.38. The minimum atomic E-state index is -1.73. The molecule has 0 aromatic heterocycles. The highest BCUT2D eigenvalue weighted by Crippen LogP contribution is 2.24. The summed E-state index contributed by atoms with van der Waals surface area (Å²) in [5.41, 5.74) is 0. The van der Waals surface area contributed by atoms with Crippen LogP contribution in [0.3, 0.4) is 0 Å². The Bertz CT molecular complexity index is 372. The van der Waals surface area contributed by atoms with E-state index in [1.807, 2.05) is 14.1 Å². The maximum Gasteiger partial charge on any atom is 0.195 e. The third-order valence-electron chi connectivity index (χ3n) is 4.88. The highest BCUT2D eigenvalue weighted by Gasteiger charge is 2.47. The number of nitrogens with two attached hydrogens (primary N) is 2. The molecule has 4 atom stereocenters. The SMILES string of the molecule is CN[SiH2]C.CN[Si](C)(N)CC[Si](C)(NC)N[Si]1(C)CC[Si](C)(N)N1. The van der Waals surface area contributed by atoms with Gasteiger partial charge < -0.3 is 35.0 Å². The van der Waals surface area contributed by atoms with E-state index in [0.717, 1.165) is 12.1 Å². The van der Waals surface area contributed by atoms with Gasteiger partial charge in [0.25, 0.3) is 0 Å². The van der Waals surface area contributed by atoms with Crippen LogP contribution in [0, 0.1) is 0 Å². The van der Waals surface area contributed by atoms with Crippen LogP contribution in [0.2, 0.25) is 56.9 Å². The van der Waals surface area contributed by atoms with E-state index in [0.29, 0.717) is 0 Å². The highest BCUT2D eigenvalue weighted by molar-refractivity contribution is 7.00. The second kappa shape index (κ2) is 10.2. The Morgan fingerprint density at radius 1 is 1.08 bits per heavy atom. The third kappa shape index (κ3) is 9.49. The van der Waals surface area contributed by atoms with E-state index in [9.17, 15) is 0 Å². The van der Waals surface area contributed by atoms with Gasteiger partial charge in [0, 0.05) is 0 Å². The monoisotopic (exact) mass is 425 g/mol. The molecule has 24 heavy (non-hydrogen) atoms. The molecule has 0 radical (unpaired) electrons. The van der Waals surface area contributed by atoms with Crippen molar-refractivity contribution in [1.29, 1.82) is 0 Å². The van der Waals surface area contributed by atoms with Gasteiger partial charge in [-0.05, 0) is 71.5 Å². The molecule has 146 valence electrons. The topological polar surface area (TPSA) is 112 Å². The van der Waals surface area contributed by atoms with Crippen molar-refractivity contribution in [3.8, 4) is 0 Å². The van der Waals surface area contributed by atoms with Crippen LogP contribution in [0.15, 0.2) is 0 Å². The first-order valence-corrected chi connectivity index (χ1v) is 22.2. The average molecular weight is 426 g/mol. The lowest BCUT2D eigenvalue weighted by Crippen LogP contribution is -2.75. The third-order valence-corrected chi connectivity index (χ3v) is 22.8. The zero-order valence-corrected chi connectivity index (χ0v) is 22.6. The van der Waals surface area contributed by atoms with E-state index in [1.165, 1.54) is 12.1 Å². The Hall–Kier alpha value is 0.804. The van der Waals surface area contributed by atoms with Gasteiger partial charge in [0.15, 0.2) is 33.6 Å². The molecule has 1 rings (SSSR count). The molecule has 0 aliphatic carbocycles. The van der Waals surface area contributed by atoms with Crippen LogP contribution in [0.4, 0.5) is 0 Å². The van der Waals surface area contributed by atoms with Crippen LogP contribution in [0.5, 0.6) is 0 Å². The quantitative estimate of drug-likeness (QED) is 0.254. The van der Waals surface area contributed by atoms with Crippen LogP contribution in [-0.2, 0) is 0 Å². The molecule has 0 amide bonds. The van der Waals surface area contributed by atoms with Gasteiger partial charge >= 0.3 is 0 Å². The lowest BCUT2D eigenvalue weighted by atomic mass is 10.9. The number of hydrogen-bond donors (Lipinski definition) is 7. The van der Waals surface area contributed by atoms with Gasteiger partial charge in [-0.1, -0.05) is 6.55 Å². The minimum Gasteiger partial charge on any atom is -0.345 e. The summed E-state index contributed by atoms with van der Waals surface area (Å²) in [6.07, 6.45) is 0. The first kappa shape index (κ1) is 24.8. The predicted octanol–water partition coefficient (Wildman–Crippen LogP) is -0.839.